The fourth-order valence-electron chi connectivity index (χ4n) is 0.393. The van der Waals surface area contributed by atoms with Gasteiger partial charge < -0.3 is 0 Å². The molecule has 0 aromatic carbocycles. The number of hydrogen-bond donors (Lipinski definition) is 0. The van der Waals surface area contributed by atoms with Crippen molar-refractivity contribution in [3.63, 3.8) is 0 Å². The van der Waals surface area contributed by atoms with E-state index in [0.717, 1.165) is 18.2 Å². The smallest absolute Gasteiger partial charge is 0.263 e. The predicted molar refractivity (Wildman–Crippen MR) is 33.2 cm³/mol. The zero-order chi connectivity index (χ0) is 6.91. The lowest BCUT2D eigenvalue weighted by molar-refractivity contribution is 0.311. The van der Waals surface area contributed by atoms with E-state index < -0.39 is 10.1 Å². The summed E-state index contributed by atoms with van der Waals surface area (Å²) in [5.74, 6) is 0. The first-order valence-corrected chi connectivity index (χ1v) is 4.17. The van der Waals surface area contributed by atoms with Crippen LogP contribution in [0.3, 0.4) is 0 Å². The molecular formula is C5H8O3S. The standard InChI is InChI=1S/C5H8O3S/c1-2-9(6,7)8-5-3-4-5/h2,5H,1,3-4H2. The molecule has 0 N–H and O–H groups in total. The maximum Gasteiger partial charge on any atom is 0.289 e. The van der Waals surface area contributed by atoms with Crippen molar-refractivity contribution in [3.8, 4) is 0 Å². The highest BCUT2D eigenvalue weighted by atomic mass is 32.2. The van der Waals surface area contributed by atoms with Crippen molar-refractivity contribution in [2.24, 2.45) is 0 Å². The molecule has 0 unspecified atom stereocenters. The van der Waals surface area contributed by atoms with Crippen LogP contribution in [0, 0.1) is 0 Å². The Balaban J connectivity index is 2.49. The second-order valence-electron chi connectivity index (χ2n) is 1.96. The van der Waals surface area contributed by atoms with Gasteiger partial charge in [-0.15, -0.1) is 0 Å². The largest absolute Gasteiger partial charge is 0.289 e. The van der Waals surface area contributed by atoms with Crippen molar-refractivity contribution in [3.05, 3.63) is 12.0 Å². The minimum atomic E-state index is -3.39. The molecule has 0 saturated heterocycles. The summed E-state index contributed by atoms with van der Waals surface area (Å²) in [6.45, 7) is 3.10. The van der Waals surface area contributed by atoms with Crippen molar-refractivity contribution in [2.45, 2.75) is 18.9 Å². The van der Waals surface area contributed by atoms with Crippen LogP contribution in [0.25, 0.3) is 0 Å². The van der Waals surface area contributed by atoms with Gasteiger partial charge in [-0.2, -0.15) is 8.42 Å². The molecule has 4 heteroatoms. The van der Waals surface area contributed by atoms with Crippen LogP contribution in [0.1, 0.15) is 12.8 Å². The summed E-state index contributed by atoms with van der Waals surface area (Å²) in [5.41, 5.74) is 0. The molecule has 1 saturated carbocycles. The number of rotatable bonds is 3. The Labute approximate surface area is 54.5 Å². The molecule has 0 aromatic heterocycles. The van der Waals surface area contributed by atoms with E-state index in [0.29, 0.717) is 0 Å². The average Bonchev–Trinajstić information content (AvgIpc) is 2.50. The van der Waals surface area contributed by atoms with E-state index in [4.69, 9.17) is 0 Å². The summed E-state index contributed by atoms with van der Waals surface area (Å²) in [4.78, 5) is 0. The summed E-state index contributed by atoms with van der Waals surface area (Å²) in [6.07, 6.45) is 1.65. The molecule has 9 heavy (non-hydrogen) atoms. The van der Waals surface area contributed by atoms with Crippen molar-refractivity contribution < 1.29 is 12.6 Å². The fraction of sp³-hybridized carbons (Fsp3) is 0.600. The molecule has 0 atom stereocenters. The molecular weight excluding hydrogens is 140 g/mol. The second-order valence-corrected chi connectivity index (χ2v) is 3.47. The zero-order valence-corrected chi connectivity index (χ0v) is 5.73. The van der Waals surface area contributed by atoms with E-state index in [9.17, 15) is 8.42 Å². The van der Waals surface area contributed by atoms with Gasteiger partial charge in [0.1, 0.15) is 0 Å². The van der Waals surface area contributed by atoms with Crippen molar-refractivity contribution >= 4 is 10.1 Å². The monoisotopic (exact) mass is 148 g/mol. The highest BCUT2D eigenvalue weighted by Gasteiger charge is 2.27. The third-order valence-corrected chi connectivity index (χ3v) is 1.95. The summed E-state index contributed by atoms with van der Waals surface area (Å²) < 4.78 is 25.6. The van der Waals surface area contributed by atoms with E-state index in [1.54, 1.807) is 0 Å². The summed E-state index contributed by atoms with van der Waals surface area (Å²) in [6, 6.07) is 0. The van der Waals surface area contributed by atoms with Crippen LogP contribution in [0.5, 0.6) is 0 Å². The zero-order valence-electron chi connectivity index (χ0n) is 4.91. The third-order valence-electron chi connectivity index (χ3n) is 0.999. The van der Waals surface area contributed by atoms with Gasteiger partial charge in [0, 0.05) is 0 Å². The van der Waals surface area contributed by atoms with Gasteiger partial charge in [-0.1, -0.05) is 6.58 Å². The molecule has 1 fully saturated rings. The van der Waals surface area contributed by atoms with Crippen molar-refractivity contribution in [1.29, 1.82) is 0 Å². The van der Waals surface area contributed by atoms with Crippen LogP contribution < -0.4 is 0 Å². The van der Waals surface area contributed by atoms with Gasteiger partial charge in [0.25, 0.3) is 10.1 Å². The summed E-state index contributed by atoms with van der Waals surface area (Å²) >= 11 is 0. The quantitative estimate of drug-likeness (QED) is 0.551. The van der Waals surface area contributed by atoms with Crippen LogP contribution >= 0.6 is 0 Å². The molecule has 0 aromatic rings. The molecule has 1 aliphatic rings. The van der Waals surface area contributed by atoms with Gasteiger partial charge in [-0.3, -0.25) is 4.18 Å². The Morgan fingerprint density at radius 3 is 2.44 bits per heavy atom. The van der Waals surface area contributed by atoms with E-state index in [2.05, 4.69) is 10.8 Å². The van der Waals surface area contributed by atoms with Crippen LogP contribution in [0.2, 0.25) is 0 Å². The Bertz CT molecular complexity index is 200. The highest BCUT2D eigenvalue weighted by Crippen LogP contribution is 2.25. The van der Waals surface area contributed by atoms with Gasteiger partial charge in [-0.25, -0.2) is 0 Å². The average molecular weight is 148 g/mol. The van der Waals surface area contributed by atoms with Gasteiger partial charge in [0.05, 0.1) is 11.5 Å². The molecule has 3 nitrogen and oxygen atoms in total. The normalized spacial score (nSPS) is 19.6. The van der Waals surface area contributed by atoms with E-state index in [1.165, 1.54) is 0 Å². The first-order valence-electron chi connectivity index (χ1n) is 2.70. The Morgan fingerprint density at radius 1 is 1.56 bits per heavy atom. The Morgan fingerprint density at radius 2 is 2.11 bits per heavy atom. The first kappa shape index (κ1) is 6.77. The van der Waals surface area contributed by atoms with E-state index >= 15 is 0 Å². The summed E-state index contributed by atoms with van der Waals surface area (Å²) in [7, 11) is -3.39. The van der Waals surface area contributed by atoms with Crippen molar-refractivity contribution in [1.82, 2.24) is 0 Å². The minimum Gasteiger partial charge on any atom is -0.263 e. The van der Waals surface area contributed by atoms with Gasteiger partial charge >= 0.3 is 0 Å². The molecule has 0 radical (unpaired) electrons. The maximum absolute atomic E-state index is 10.5. The van der Waals surface area contributed by atoms with E-state index in [-0.39, 0.29) is 6.10 Å². The van der Waals surface area contributed by atoms with Crippen LogP contribution in [0.15, 0.2) is 12.0 Å². The van der Waals surface area contributed by atoms with Gasteiger partial charge in [0.15, 0.2) is 0 Å². The van der Waals surface area contributed by atoms with Gasteiger partial charge in [0.2, 0.25) is 0 Å². The SMILES string of the molecule is C=CS(=O)(=O)OC1CC1. The minimum absolute atomic E-state index is 0.0620. The van der Waals surface area contributed by atoms with Crippen LogP contribution in [-0.2, 0) is 14.3 Å². The fourth-order valence-corrected chi connectivity index (χ4v) is 1.04. The molecule has 0 heterocycles. The number of hydrogen-bond acceptors (Lipinski definition) is 3. The maximum atomic E-state index is 10.5. The molecule has 0 spiro atoms. The molecule has 0 amide bonds. The second kappa shape index (κ2) is 2.11. The van der Waals surface area contributed by atoms with Crippen LogP contribution in [-0.4, -0.2) is 14.5 Å². The topological polar surface area (TPSA) is 43.4 Å². The van der Waals surface area contributed by atoms with Gasteiger partial charge in [-0.05, 0) is 12.8 Å². The van der Waals surface area contributed by atoms with Crippen molar-refractivity contribution in [2.75, 3.05) is 0 Å². The van der Waals surface area contributed by atoms with E-state index in [1.807, 2.05) is 0 Å². The highest BCUT2D eigenvalue weighted by molar-refractivity contribution is 7.89. The van der Waals surface area contributed by atoms with Crippen LogP contribution in [0.4, 0.5) is 0 Å². The lowest BCUT2D eigenvalue weighted by Crippen LogP contribution is -2.02. The lowest BCUT2D eigenvalue weighted by atomic mass is 10.9. The molecule has 1 aliphatic carbocycles. The first-order chi connectivity index (χ1) is 4.14. The lowest BCUT2D eigenvalue weighted by Gasteiger charge is -1.94. The summed E-state index contributed by atoms with van der Waals surface area (Å²) in [5, 5.41) is 0.825. The Kier molecular flexibility index (Phi) is 1.59. The molecule has 1 rings (SSSR count). The third kappa shape index (κ3) is 2.15. The Hall–Kier alpha value is -0.350. The molecule has 0 bridgehead atoms. The molecule has 0 aliphatic heterocycles. The predicted octanol–water partition coefficient (Wildman–Crippen LogP) is 0.639. The molecule has 52 valence electrons.